The predicted molar refractivity (Wildman–Crippen MR) is 65.8 cm³/mol. The maximum atomic E-state index is 11.9. The van der Waals surface area contributed by atoms with Gasteiger partial charge >= 0.3 is 0 Å². The molecule has 0 spiro atoms. The number of aryl methyl sites for hydroxylation is 1. The van der Waals surface area contributed by atoms with Crippen LogP contribution in [0.4, 0.5) is 0 Å². The Bertz CT molecular complexity index is 453. The number of furan rings is 1. The van der Waals surface area contributed by atoms with Crippen LogP contribution >= 0.6 is 0 Å². The van der Waals surface area contributed by atoms with E-state index in [-0.39, 0.29) is 17.9 Å². The zero-order valence-corrected chi connectivity index (χ0v) is 10.7. The minimum atomic E-state index is -0.514. The highest BCUT2D eigenvalue weighted by Crippen LogP contribution is 2.30. The van der Waals surface area contributed by atoms with E-state index in [0.717, 1.165) is 30.6 Å². The number of nitrogens with one attached hydrogen (secondary N) is 2. The van der Waals surface area contributed by atoms with Crippen molar-refractivity contribution in [2.75, 3.05) is 0 Å². The first-order chi connectivity index (χ1) is 8.58. The largest absolute Gasteiger partial charge is 0.469 e. The fourth-order valence-corrected chi connectivity index (χ4v) is 2.30. The van der Waals surface area contributed by atoms with Crippen molar-refractivity contribution in [3.63, 3.8) is 0 Å². The summed E-state index contributed by atoms with van der Waals surface area (Å²) in [5.74, 6) is 0.591. The second-order valence-electron chi connectivity index (χ2n) is 4.67. The van der Waals surface area contributed by atoms with Gasteiger partial charge in [0.05, 0.1) is 12.3 Å². The first-order valence-corrected chi connectivity index (χ1v) is 6.21. The second kappa shape index (κ2) is 5.25. The molecule has 0 saturated heterocycles. The number of rotatable bonds is 3. The normalized spacial score (nSPS) is 19.8. The fraction of sp³-hybridized carbons (Fsp3) is 0.538. The minimum Gasteiger partial charge on any atom is -0.469 e. The Morgan fingerprint density at radius 1 is 1.50 bits per heavy atom. The first-order valence-electron chi connectivity index (χ1n) is 6.21. The quantitative estimate of drug-likeness (QED) is 0.849. The molecule has 98 valence electrons. The molecule has 0 aromatic carbocycles. The summed E-state index contributed by atoms with van der Waals surface area (Å²) >= 11 is 0. The van der Waals surface area contributed by atoms with Gasteiger partial charge < -0.3 is 15.1 Å². The van der Waals surface area contributed by atoms with Gasteiger partial charge in [0.2, 0.25) is 11.8 Å². The molecule has 5 heteroatoms. The van der Waals surface area contributed by atoms with Gasteiger partial charge in [-0.2, -0.15) is 0 Å². The van der Waals surface area contributed by atoms with E-state index in [1.807, 2.05) is 6.07 Å². The smallest absolute Gasteiger partial charge is 0.242 e. The average Bonchev–Trinajstić information content (AvgIpc) is 2.77. The summed E-state index contributed by atoms with van der Waals surface area (Å²) in [5, 5.41) is 5.53. The van der Waals surface area contributed by atoms with Gasteiger partial charge in [0.25, 0.3) is 0 Å². The van der Waals surface area contributed by atoms with Gasteiger partial charge in [0.1, 0.15) is 11.8 Å². The van der Waals surface area contributed by atoms with Crippen molar-refractivity contribution in [2.24, 2.45) is 0 Å². The summed E-state index contributed by atoms with van der Waals surface area (Å²) in [6, 6.07) is 1.39. The molecule has 0 saturated carbocycles. The summed E-state index contributed by atoms with van der Waals surface area (Å²) in [6.45, 7) is 3.08. The maximum absolute atomic E-state index is 11.9. The van der Waals surface area contributed by atoms with E-state index in [0.29, 0.717) is 0 Å². The Labute approximate surface area is 106 Å². The standard InChI is InChI=1S/C13H18N2O3/c1-8(14-9(2)16)13(17)15-11-4-3-5-12-10(11)6-7-18-12/h6-8,11H,3-5H2,1-2H3,(H,14,16)(H,15,17)/t8-,11+/m0/s1. The molecule has 1 aromatic rings. The van der Waals surface area contributed by atoms with Gasteiger partial charge in [-0.05, 0) is 25.8 Å². The van der Waals surface area contributed by atoms with Crippen molar-refractivity contribution in [3.8, 4) is 0 Å². The van der Waals surface area contributed by atoms with Gasteiger partial charge in [0.15, 0.2) is 0 Å². The van der Waals surface area contributed by atoms with Gasteiger partial charge in [-0.3, -0.25) is 9.59 Å². The summed E-state index contributed by atoms with van der Waals surface area (Å²) in [7, 11) is 0. The minimum absolute atomic E-state index is 0.00351. The molecule has 0 fully saturated rings. The predicted octanol–water partition coefficient (Wildman–Crippen LogP) is 1.30. The van der Waals surface area contributed by atoms with Crippen molar-refractivity contribution in [3.05, 3.63) is 23.7 Å². The Morgan fingerprint density at radius 3 is 3.00 bits per heavy atom. The van der Waals surface area contributed by atoms with E-state index in [2.05, 4.69) is 10.6 Å². The van der Waals surface area contributed by atoms with Crippen molar-refractivity contribution in [2.45, 2.75) is 45.2 Å². The first kappa shape index (κ1) is 12.7. The Kier molecular flexibility index (Phi) is 3.69. The molecule has 0 unspecified atom stereocenters. The molecule has 5 nitrogen and oxygen atoms in total. The number of amides is 2. The third-order valence-electron chi connectivity index (χ3n) is 3.18. The van der Waals surface area contributed by atoms with E-state index < -0.39 is 6.04 Å². The zero-order chi connectivity index (χ0) is 13.1. The molecule has 1 heterocycles. The van der Waals surface area contributed by atoms with Crippen LogP contribution < -0.4 is 10.6 Å². The summed E-state index contributed by atoms with van der Waals surface area (Å²) in [5.41, 5.74) is 1.06. The monoisotopic (exact) mass is 250 g/mol. The number of hydrogen-bond acceptors (Lipinski definition) is 3. The van der Waals surface area contributed by atoms with E-state index in [1.54, 1.807) is 13.2 Å². The van der Waals surface area contributed by atoms with Crippen LogP contribution in [0.3, 0.4) is 0 Å². The van der Waals surface area contributed by atoms with Crippen LogP contribution in [0.15, 0.2) is 16.7 Å². The van der Waals surface area contributed by atoms with Gasteiger partial charge in [0, 0.05) is 18.9 Å². The molecule has 18 heavy (non-hydrogen) atoms. The highest BCUT2D eigenvalue weighted by Gasteiger charge is 2.25. The molecular weight excluding hydrogens is 232 g/mol. The Hall–Kier alpha value is -1.78. The molecular formula is C13H18N2O3. The van der Waals surface area contributed by atoms with Crippen LogP contribution in [0.1, 0.15) is 44.1 Å². The molecule has 2 rings (SSSR count). The molecule has 0 bridgehead atoms. The third kappa shape index (κ3) is 2.72. The number of carbonyl (C=O) groups excluding carboxylic acids is 2. The van der Waals surface area contributed by atoms with Crippen LogP contribution in [0, 0.1) is 0 Å². The van der Waals surface area contributed by atoms with Crippen LogP contribution in [0.25, 0.3) is 0 Å². The topological polar surface area (TPSA) is 71.3 Å². The van der Waals surface area contributed by atoms with E-state index >= 15 is 0 Å². The third-order valence-corrected chi connectivity index (χ3v) is 3.18. The lowest BCUT2D eigenvalue weighted by Crippen LogP contribution is -2.45. The molecule has 2 atom stereocenters. The van der Waals surface area contributed by atoms with Crippen LogP contribution in [0.2, 0.25) is 0 Å². The van der Waals surface area contributed by atoms with Gasteiger partial charge in [-0.1, -0.05) is 0 Å². The highest BCUT2D eigenvalue weighted by atomic mass is 16.3. The lowest BCUT2D eigenvalue weighted by Gasteiger charge is -2.24. The van der Waals surface area contributed by atoms with Crippen LogP contribution in [-0.4, -0.2) is 17.9 Å². The molecule has 2 amide bonds. The highest BCUT2D eigenvalue weighted by molar-refractivity contribution is 5.86. The van der Waals surface area contributed by atoms with E-state index in [1.165, 1.54) is 6.92 Å². The zero-order valence-electron chi connectivity index (χ0n) is 10.7. The summed E-state index contributed by atoms with van der Waals surface area (Å²) in [6.07, 6.45) is 4.49. The lowest BCUT2D eigenvalue weighted by molar-refractivity contribution is -0.128. The van der Waals surface area contributed by atoms with E-state index in [9.17, 15) is 9.59 Å². The van der Waals surface area contributed by atoms with Crippen molar-refractivity contribution < 1.29 is 14.0 Å². The van der Waals surface area contributed by atoms with E-state index in [4.69, 9.17) is 4.42 Å². The number of hydrogen-bond donors (Lipinski definition) is 2. The molecule has 1 aromatic heterocycles. The van der Waals surface area contributed by atoms with Crippen molar-refractivity contribution >= 4 is 11.8 Å². The molecule has 1 aliphatic rings. The van der Waals surface area contributed by atoms with Crippen LogP contribution in [-0.2, 0) is 16.0 Å². The Balaban J connectivity index is 1.99. The summed E-state index contributed by atoms with van der Waals surface area (Å²) in [4.78, 5) is 22.8. The number of carbonyl (C=O) groups is 2. The lowest BCUT2D eigenvalue weighted by atomic mass is 9.93. The average molecular weight is 250 g/mol. The van der Waals surface area contributed by atoms with Crippen molar-refractivity contribution in [1.29, 1.82) is 0 Å². The SMILES string of the molecule is CC(=O)N[C@@H](C)C(=O)N[C@@H]1CCCc2occc21. The van der Waals surface area contributed by atoms with Gasteiger partial charge in [-0.15, -0.1) is 0 Å². The molecule has 2 N–H and O–H groups in total. The van der Waals surface area contributed by atoms with Crippen molar-refractivity contribution in [1.82, 2.24) is 10.6 Å². The molecule has 0 aliphatic heterocycles. The van der Waals surface area contributed by atoms with Gasteiger partial charge in [-0.25, -0.2) is 0 Å². The molecule has 1 aliphatic carbocycles. The molecule has 0 radical (unpaired) electrons. The maximum Gasteiger partial charge on any atom is 0.242 e. The number of fused-ring (bicyclic) bond motifs is 1. The Morgan fingerprint density at radius 2 is 2.28 bits per heavy atom. The fourth-order valence-electron chi connectivity index (χ4n) is 2.30. The second-order valence-corrected chi connectivity index (χ2v) is 4.67. The van der Waals surface area contributed by atoms with Crippen LogP contribution in [0.5, 0.6) is 0 Å². The summed E-state index contributed by atoms with van der Waals surface area (Å²) < 4.78 is 5.37.